The van der Waals surface area contributed by atoms with Crippen molar-refractivity contribution in [3.63, 3.8) is 0 Å². The molecular weight excluding hydrogens is 308 g/mol. The van der Waals surface area contributed by atoms with Gasteiger partial charge in [-0.2, -0.15) is 0 Å². The first-order chi connectivity index (χ1) is 11.4. The number of carbonyl (C=O) groups is 2. The zero-order valence-corrected chi connectivity index (χ0v) is 13.8. The van der Waals surface area contributed by atoms with Gasteiger partial charge in [0.25, 0.3) is 0 Å². The summed E-state index contributed by atoms with van der Waals surface area (Å²) < 4.78 is 4.79. The molecule has 0 saturated heterocycles. The van der Waals surface area contributed by atoms with Crippen molar-refractivity contribution in [1.82, 2.24) is 0 Å². The summed E-state index contributed by atoms with van der Waals surface area (Å²) in [6.07, 6.45) is 0.687. The topological polar surface area (TPSA) is 116 Å². The fraction of sp³-hybridized carbons (Fsp3) is 0.222. The van der Waals surface area contributed by atoms with Gasteiger partial charge in [-0.15, -0.1) is 0 Å². The van der Waals surface area contributed by atoms with E-state index in [-0.39, 0.29) is 5.97 Å². The normalized spacial score (nSPS) is 9.58. The van der Waals surface area contributed by atoms with Gasteiger partial charge in [0, 0.05) is 11.4 Å². The van der Waals surface area contributed by atoms with E-state index in [2.05, 4.69) is 0 Å². The molecule has 0 saturated carbocycles. The summed E-state index contributed by atoms with van der Waals surface area (Å²) >= 11 is 0. The Morgan fingerprint density at radius 2 is 1.58 bits per heavy atom. The van der Waals surface area contributed by atoms with Crippen LogP contribution in [0.5, 0.6) is 0 Å². The van der Waals surface area contributed by atoms with Crippen LogP contribution in [-0.2, 0) is 11.2 Å². The van der Waals surface area contributed by atoms with Gasteiger partial charge in [0.05, 0.1) is 17.7 Å². The lowest BCUT2D eigenvalue weighted by atomic mass is 10.0. The van der Waals surface area contributed by atoms with E-state index in [1.807, 2.05) is 6.92 Å². The molecule has 24 heavy (non-hydrogen) atoms. The molecule has 2 rings (SSSR count). The smallest absolute Gasteiger partial charge is 0.338 e. The van der Waals surface area contributed by atoms with Crippen molar-refractivity contribution in [3.05, 3.63) is 59.2 Å². The van der Waals surface area contributed by atoms with E-state index < -0.39 is 5.97 Å². The van der Waals surface area contributed by atoms with Crippen molar-refractivity contribution in [2.24, 2.45) is 0 Å². The first-order valence-corrected chi connectivity index (χ1v) is 7.53. The number of hydrogen-bond acceptors (Lipinski definition) is 5. The quantitative estimate of drug-likeness (QED) is 0.586. The molecule has 0 heterocycles. The summed E-state index contributed by atoms with van der Waals surface area (Å²) in [4.78, 5) is 21.7. The van der Waals surface area contributed by atoms with Gasteiger partial charge in [0.1, 0.15) is 0 Å². The predicted molar refractivity (Wildman–Crippen MR) is 94.0 cm³/mol. The molecule has 0 radical (unpaired) electrons. The standard InChI is InChI=1S/2C9H11NO2/c1-2-12-9(11)7-3-5-8(10)6-4-7;1-2-6-5-7(10)3-4-8(6)9(11)12/h3-6H,2,10H2,1H3;3-5H,2,10H2,1H3,(H,11,12). The molecule has 0 aliphatic rings. The number of aryl methyl sites for hydroxylation is 1. The molecule has 6 heteroatoms. The Bertz CT molecular complexity index is 697. The van der Waals surface area contributed by atoms with Crippen LogP contribution in [0.1, 0.15) is 40.1 Å². The highest BCUT2D eigenvalue weighted by Gasteiger charge is 2.07. The number of carboxylic acid groups (broad SMARTS) is 1. The van der Waals surface area contributed by atoms with Gasteiger partial charge in [0.2, 0.25) is 0 Å². The van der Waals surface area contributed by atoms with Crippen LogP contribution < -0.4 is 11.5 Å². The lowest BCUT2D eigenvalue weighted by molar-refractivity contribution is 0.0526. The van der Waals surface area contributed by atoms with Crippen molar-refractivity contribution >= 4 is 23.3 Å². The zero-order chi connectivity index (χ0) is 18.1. The Labute approximate surface area is 141 Å². The van der Waals surface area contributed by atoms with Gasteiger partial charge in [0.15, 0.2) is 0 Å². The molecule has 0 aliphatic carbocycles. The highest BCUT2D eigenvalue weighted by atomic mass is 16.5. The summed E-state index contributed by atoms with van der Waals surface area (Å²) in [6, 6.07) is 11.5. The molecule has 0 spiro atoms. The van der Waals surface area contributed by atoms with E-state index >= 15 is 0 Å². The van der Waals surface area contributed by atoms with Gasteiger partial charge in [-0.05, 0) is 61.4 Å². The van der Waals surface area contributed by atoms with Gasteiger partial charge in [-0.3, -0.25) is 0 Å². The summed E-state index contributed by atoms with van der Waals surface area (Å²) in [5.41, 5.74) is 13.9. The average Bonchev–Trinajstić information content (AvgIpc) is 2.55. The third kappa shape index (κ3) is 5.64. The molecule has 2 aromatic carbocycles. The molecule has 5 N–H and O–H groups in total. The monoisotopic (exact) mass is 330 g/mol. The van der Waals surface area contributed by atoms with Crippen molar-refractivity contribution in [3.8, 4) is 0 Å². The molecule has 0 aliphatic heterocycles. The van der Waals surface area contributed by atoms with E-state index in [0.717, 1.165) is 5.56 Å². The Balaban J connectivity index is 0.000000240. The second kappa shape index (κ2) is 9.19. The largest absolute Gasteiger partial charge is 0.478 e. The molecular formula is C18H22N2O4. The number of benzene rings is 2. The van der Waals surface area contributed by atoms with Crippen molar-refractivity contribution < 1.29 is 19.4 Å². The number of rotatable bonds is 4. The fourth-order valence-corrected chi connectivity index (χ4v) is 1.95. The molecule has 2 aromatic rings. The number of hydrogen-bond donors (Lipinski definition) is 3. The number of carboxylic acids is 1. The molecule has 6 nitrogen and oxygen atoms in total. The van der Waals surface area contributed by atoms with Crippen molar-refractivity contribution in [2.75, 3.05) is 18.1 Å². The van der Waals surface area contributed by atoms with E-state index in [1.54, 1.807) is 43.3 Å². The van der Waals surface area contributed by atoms with Gasteiger partial charge < -0.3 is 21.3 Å². The first kappa shape index (κ1) is 19.0. The predicted octanol–water partition coefficient (Wildman–Crippen LogP) is 2.97. The minimum atomic E-state index is -0.896. The Hall–Kier alpha value is -3.02. The van der Waals surface area contributed by atoms with E-state index in [0.29, 0.717) is 35.5 Å². The van der Waals surface area contributed by atoms with Crippen LogP contribution in [0.15, 0.2) is 42.5 Å². The van der Waals surface area contributed by atoms with Crippen molar-refractivity contribution in [2.45, 2.75) is 20.3 Å². The molecule has 0 unspecified atom stereocenters. The SMILES string of the molecule is CCOC(=O)c1ccc(N)cc1.CCc1cc(N)ccc1C(=O)O. The van der Waals surface area contributed by atoms with Crippen LogP contribution in [-0.4, -0.2) is 23.7 Å². The van der Waals surface area contributed by atoms with E-state index in [9.17, 15) is 9.59 Å². The van der Waals surface area contributed by atoms with Crippen LogP contribution in [0.4, 0.5) is 11.4 Å². The third-order valence-electron chi connectivity index (χ3n) is 3.16. The van der Waals surface area contributed by atoms with E-state index in [4.69, 9.17) is 21.3 Å². The highest BCUT2D eigenvalue weighted by molar-refractivity contribution is 5.90. The van der Waals surface area contributed by atoms with Gasteiger partial charge in [-0.1, -0.05) is 6.92 Å². The molecule has 0 atom stereocenters. The summed E-state index contributed by atoms with van der Waals surface area (Å²) in [7, 11) is 0. The number of nitrogens with two attached hydrogens (primary N) is 2. The lowest BCUT2D eigenvalue weighted by Crippen LogP contribution is -2.04. The second-order valence-electron chi connectivity index (χ2n) is 4.92. The van der Waals surface area contributed by atoms with Gasteiger partial charge in [-0.25, -0.2) is 9.59 Å². The Morgan fingerprint density at radius 3 is 2.08 bits per heavy atom. The minimum Gasteiger partial charge on any atom is -0.478 e. The number of anilines is 2. The fourth-order valence-electron chi connectivity index (χ4n) is 1.95. The van der Waals surface area contributed by atoms with Crippen LogP contribution in [0.2, 0.25) is 0 Å². The summed E-state index contributed by atoms with van der Waals surface area (Å²) in [5.74, 6) is -1.20. The maximum atomic E-state index is 11.1. The van der Waals surface area contributed by atoms with Crippen LogP contribution >= 0.6 is 0 Å². The van der Waals surface area contributed by atoms with E-state index in [1.165, 1.54) is 6.07 Å². The molecule has 0 aromatic heterocycles. The summed E-state index contributed by atoms with van der Waals surface area (Å²) in [6.45, 7) is 4.07. The second-order valence-corrected chi connectivity index (χ2v) is 4.92. The number of aromatic carboxylic acids is 1. The maximum Gasteiger partial charge on any atom is 0.338 e. The number of carbonyl (C=O) groups excluding carboxylic acids is 1. The van der Waals surface area contributed by atoms with Crippen LogP contribution in [0.25, 0.3) is 0 Å². The minimum absolute atomic E-state index is 0.308. The first-order valence-electron chi connectivity index (χ1n) is 7.53. The number of esters is 1. The Kier molecular flexibility index (Phi) is 7.29. The molecule has 0 fully saturated rings. The molecule has 0 bridgehead atoms. The third-order valence-corrected chi connectivity index (χ3v) is 3.16. The van der Waals surface area contributed by atoms with Crippen LogP contribution in [0, 0.1) is 0 Å². The van der Waals surface area contributed by atoms with Crippen molar-refractivity contribution in [1.29, 1.82) is 0 Å². The maximum absolute atomic E-state index is 11.1. The van der Waals surface area contributed by atoms with Crippen LogP contribution in [0.3, 0.4) is 0 Å². The summed E-state index contributed by atoms with van der Waals surface area (Å²) in [5, 5.41) is 8.75. The zero-order valence-electron chi connectivity index (χ0n) is 13.8. The lowest BCUT2D eigenvalue weighted by Gasteiger charge is -2.03. The Morgan fingerprint density at radius 1 is 1.00 bits per heavy atom. The molecule has 128 valence electrons. The number of ether oxygens (including phenoxy) is 1. The number of nitrogen functional groups attached to an aromatic ring is 2. The molecule has 0 amide bonds. The highest BCUT2D eigenvalue weighted by Crippen LogP contribution is 2.14. The van der Waals surface area contributed by atoms with Gasteiger partial charge >= 0.3 is 11.9 Å². The average molecular weight is 330 g/mol.